The lowest BCUT2D eigenvalue weighted by atomic mass is 10.1. The molecule has 0 aromatic rings. The van der Waals surface area contributed by atoms with Gasteiger partial charge in [-0.2, -0.15) is 13.5 Å². The summed E-state index contributed by atoms with van der Waals surface area (Å²) in [5, 5.41) is 10.1. The second-order valence-electron chi connectivity index (χ2n) is 2.91. The van der Waals surface area contributed by atoms with Gasteiger partial charge in [-0.1, -0.05) is 0 Å². The highest BCUT2D eigenvalue weighted by Crippen LogP contribution is 2.16. The van der Waals surface area contributed by atoms with Crippen LogP contribution in [0.15, 0.2) is 0 Å². The van der Waals surface area contributed by atoms with Crippen LogP contribution in [-0.4, -0.2) is 37.7 Å². The summed E-state index contributed by atoms with van der Waals surface area (Å²) >= 11 is 0. The van der Waals surface area contributed by atoms with Crippen molar-refractivity contribution < 1.29 is 17.8 Å². The van der Waals surface area contributed by atoms with E-state index >= 15 is 0 Å². The van der Waals surface area contributed by atoms with Crippen molar-refractivity contribution in [2.24, 2.45) is 0 Å². The Morgan fingerprint density at radius 2 is 2.17 bits per heavy atom. The monoisotopic (exact) mass is 195 g/mol. The van der Waals surface area contributed by atoms with Crippen LogP contribution in [0.1, 0.15) is 19.3 Å². The van der Waals surface area contributed by atoms with Crippen LogP contribution in [0, 0.1) is 0 Å². The summed E-state index contributed by atoms with van der Waals surface area (Å²) in [5.41, 5.74) is 0. The maximum absolute atomic E-state index is 10.7. The summed E-state index contributed by atoms with van der Waals surface area (Å²) in [5.74, 6) is 0. The Balaban J connectivity index is 2.50. The van der Waals surface area contributed by atoms with E-state index in [4.69, 9.17) is 0 Å². The zero-order valence-corrected chi connectivity index (χ0v) is 7.75. The van der Waals surface area contributed by atoms with Gasteiger partial charge in [0.15, 0.2) is 6.23 Å². The molecule has 0 aliphatic carbocycles. The Morgan fingerprint density at radius 1 is 1.50 bits per heavy atom. The van der Waals surface area contributed by atoms with Gasteiger partial charge in [0, 0.05) is 6.54 Å². The summed E-state index contributed by atoms with van der Waals surface area (Å²) in [6.07, 6.45) is 2.62. The molecule has 0 bridgehead atoms. The molecule has 1 aliphatic rings. The highest BCUT2D eigenvalue weighted by molar-refractivity contribution is 7.86. The molecule has 0 aromatic heterocycles. The van der Waals surface area contributed by atoms with Gasteiger partial charge >= 0.3 is 0 Å². The van der Waals surface area contributed by atoms with Gasteiger partial charge in [-0.05, 0) is 19.3 Å². The van der Waals surface area contributed by atoms with Gasteiger partial charge in [-0.3, -0.25) is 0 Å². The van der Waals surface area contributed by atoms with Crippen LogP contribution in [0.2, 0.25) is 0 Å². The fraction of sp³-hybridized carbons (Fsp3) is 1.00. The second-order valence-corrected chi connectivity index (χ2v) is 4.51. The van der Waals surface area contributed by atoms with Crippen molar-refractivity contribution >= 4 is 10.1 Å². The molecule has 1 rings (SSSR count). The summed E-state index contributed by atoms with van der Waals surface area (Å²) in [6, 6.07) is 0. The van der Waals surface area contributed by atoms with Crippen molar-refractivity contribution in [1.29, 1.82) is 0 Å². The molecule has 1 atom stereocenters. The molecule has 0 radical (unpaired) electrons. The molecule has 5 nitrogen and oxygen atoms in total. The average molecular weight is 195 g/mol. The van der Waals surface area contributed by atoms with Gasteiger partial charge < -0.3 is 5.21 Å². The third-order valence-electron chi connectivity index (χ3n) is 1.71. The molecule has 6 heteroatoms. The van der Waals surface area contributed by atoms with Gasteiger partial charge in [0.2, 0.25) is 0 Å². The van der Waals surface area contributed by atoms with E-state index in [0.29, 0.717) is 13.0 Å². The molecule has 1 heterocycles. The van der Waals surface area contributed by atoms with E-state index in [2.05, 4.69) is 4.18 Å². The lowest BCUT2D eigenvalue weighted by Crippen LogP contribution is -2.39. The molecule has 72 valence electrons. The first-order chi connectivity index (χ1) is 5.49. The molecular weight excluding hydrogens is 182 g/mol. The zero-order valence-electron chi connectivity index (χ0n) is 6.93. The number of hydroxylamine groups is 2. The van der Waals surface area contributed by atoms with Gasteiger partial charge in [-0.25, -0.2) is 4.18 Å². The highest BCUT2D eigenvalue weighted by Gasteiger charge is 2.24. The number of hydrogen-bond donors (Lipinski definition) is 1. The first-order valence-electron chi connectivity index (χ1n) is 3.83. The van der Waals surface area contributed by atoms with Crippen LogP contribution in [0.3, 0.4) is 0 Å². The fourth-order valence-electron chi connectivity index (χ4n) is 1.19. The molecule has 0 spiro atoms. The Labute approximate surface area is 72.0 Å². The van der Waals surface area contributed by atoms with Crippen molar-refractivity contribution in [3.63, 3.8) is 0 Å². The molecule has 1 N–H and O–H groups in total. The Morgan fingerprint density at radius 3 is 2.67 bits per heavy atom. The molecule has 0 aromatic carbocycles. The van der Waals surface area contributed by atoms with E-state index in [-0.39, 0.29) is 0 Å². The minimum Gasteiger partial charge on any atom is -0.311 e. The Bertz CT molecular complexity index is 238. The summed E-state index contributed by atoms with van der Waals surface area (Å²) in [7, 11) is -3.46. The normalized spacial score (nSPS) is 27.3. The molecule has 1 fully saturated rings. The van der Waals surface area contributed by atoms with Gasteiger partial charge in [0.05, 0.1) is 6.26 Å². The van der Waals surface area contributed by atoms with Crippen LogP contribution in [0.5, 0.6) is 0 Å². The van der Waals surface area contributed by atoms with Crippen LogP contribution < -0.4 is 0 Å². The van der Waals surface area contributed by atoms with Gasteiger partial charge in [0.25, 0.3) is 10.1 Å². The summed E-state index contributed by atoms with van der Waals surface area (Å²) < 4.78 is 26.0. The van der Waals surface area contributed by atoms with Crippen molar-refractivity contribution in [3.8, 4) is 0 Å². The Hall–Kier alpha value is -0.170. The maximum Gasteiger partial charge on any atom is 0.265 e. The standard InChI is InChI=1S/C6H13NO4S/c1-12(9,10)11-6-4-2-3-5-7(6)8/h6,8H,2-5H2,1H3. The van der Waals surface area contributed by atoms with Gasteiger partial charge in [-0.15, -0.1) is 0 Å². The molecule has 0 amide bonds. The minimum atomic E-state index is -3.46. The first-order valence-corrected chi connectivity index (χ1v) is 5.64. The predicted octanol–water partition coefficient (Wildman–Crippen LogP) is 0.164. The third kappa shape index (κ3) is 3.06. The second kappa shape index (κ2) is 3.69. The van der Waals surface area contributed by atoms with Crippen LogP contribution in [0.25, 0.3) is 0 Å². The van der Waals surface area contributed by atoms with Crippen LogP contribution >= 0.6 is 0 Å². The molecule has 1 aliphatic heterocycles. The predicted molar refractivity (Wildman–Crippen MR) is 42.1 cm³/mol. The molecule has 1 saturated heterocycles. The van der Waals surface area contributed by atoms with Crippen LogP contribution in [0.4, 0.5) is 0 Å². The van der Waals surface area contributed by atoms with E-state index in [1.807, 2.05) is 0 Å². The van der Waals surface area contributed by atoms with E-state index in [9.17, 15) is 13.6 Å². The minimum absolute atomic E-state index is 0.472. The Kier molecular flexibility index (Phi) is 3.05. The van der Waals surface area contributed by atoms with Crippen molar-refractivity contribution in [2.45, 2.75) is 25.5 Å². The molecule has 0 saturated carbocycles. The lowest BCUT2D eigenvalue weighted by molar-refractivity contribution is -0.198. The lowest BCUT2D eigenvalue weighted by Gasteiger charge is -2.28. The van der Waals surface area contributed by atoms with E-state index in [1.54, 1.807) is 0 Å². The smallest absolute Gasteiger partial charge is 0.265 e. The third-order valence-corrected chi connectivity index (χ3v) is 2.28. The first kappa shape index (κ1) is 9.91. The summed E-state index contributed by atoms with van der Waals surface area (Å²) in [4.78, 5) is 0. The van der Waals surface area contributed by atoms with E-state index < -0.39 is 16.3 Å². The number of hydrogen-bond acceptors (Lipinski definition) is 5. The van der Waals surface area contributed by atoms with Crippen molar-refractivity contribution in [3.05, 3.63) is 0 Å². The number of rotatable bonds is 2. The highest BCUT2D eigenvalue weighted by atomic mass is 32.2. The van der Waals surface area contributed by atoms with Crippen LogP contribution in [-0.2, 0) is 14.3 Å². The number of nitrogens with zero attached hydrogens (tertiary/aromatic N) is 1. The zero-order chi connectivity index (χ0) is 9.19. The SMILES string of the molecule is CS(=O)(=O)OC1CCCCN1O. The quantitative estimate of drug-likeness (QED) is 0.636. The van der Waals surface area contributed by atoms with Crippen molar-refractivity contribution in [1.82, 2.24) is 5.06 Å². The average Bonchev–Trinajstić information content (AvgIpc) is 1.91. The number of piperidine rings is 1. The summed E-state index contributed by atoms with van der Waals surface area (Å²) in [6.45, 7) is 0.472. The molecule has 1 unspecified atom stereocenters. The van der Waals surface area contributed by atoms with Gasteiger partial charge in [0.1, 0.15) is 0 Å². The largest absolute Gasteiger partial charge is 0.311 e. The molecular formula is C6H13NO4S. The fourth-order valence-corrected chi connectivity index (χ4v) is 1.78. The topological polar surface area (TPSA) is 66.8 Å². The molecule has 12 heavy (non-hydrogen) atoms. The maximum atomic E-state index is 10.7. The van der Waals surface area contributed by atoms with E-state index in [0.717, 1.165) is 24.2 Å². The van der Waals surface area contributed by atoms with Crippen molar-refractivity contribution in [2.75, 3.05) is 12.8 Å². The van der Waals surface area contributed by atoms with E-state index in [1.165, 1.54) is 0 Å².